The van der Waals surface area contributed by atoms with Crippen LogP contribution >= 0.6 is 11.3 Å². The maximum Gasteiger partial charge on any atom is 0.253 e. The van der Waals surface area contributed by atoms with Gasteiger partial charge in [-0.05, 0) is 44.2 Å². The quantitative estimate of drug-likeness (QED) is 0.509. The number of anilines is 1. The molecule has 3 heterocycles. The summed E-state index contributed by atoms with van der Waals surface area (Å²) in [4.78, 5) is 21.1. The lowest BCUT2D eigenvalue weighted by molar-refractivity contribution is -0.0440. The summed E-state index contributed by atoms with van der Waals surface area (Å²) < 4.78 is 61.1. The second-order valence-corrected chi connectivity index (χ2v) is 12.1. The maximum absolute atomic E-state index is 14.0. The first kappa shape index (κ1) is 25.0. The number of carbonyl (C=O) groups is 1. The molecule has 0 saturated carbocycles. The Kier molecular flexibility index (Phi) is 6.70. The van der Waals surface area contributed by atoms with Gasteiger partial charge in [0, 0.05) is 50.9 Å². The van der Waals surface area contributed by atoms with E-state index in [2.05, 4.69) is 4.98 Å². The van der Waals surface area contributed by atoms with E-state index in [-0.39, 0.29) is 41.6 Å². The van der Waals surface area contributed by atoms with E-state index in [1.165, 1.54) is 33.8 Å². The number of piperazine rings is 1. The maximum atomic E-state index is 14.0. The van der Waals surface area contributed by atoms with Crippen LogP contribution in [0.5, 0.6) is 0 Å². The number of amides is 1. The second-order valence-electron chi connectivity index (χ2n) is 9.11. The molecule has 2 aliphatic rings. The molecule has 8 nitrogen and oxygen atoms in total. The van der Waals surface area contributed by atoms with Gasteiger partial charge in [-0.1, -0.05) is 11.3 Å². The van der Waals surface area contributed by atoms with Gasteiger partial charge < -0.3 is 14.5 Å². The second kappa shape index (κ2) is 9.66. The first-order valence-electron chi connectivity index (χ1n) is 11.7. The number of ether oxygens (including phenoxy) is 1. The zero-order valence-corrected chi connectivity index (χ0v) is 21.5. The Bertz CT molecular complexity index is 1380. The summed E-state index contributed by atoms with van der Waals surface area (Å²) in [6.45, 7) is 6.10. The van der Waals surface area contributed by atoms with Crippen molar-refractivity contribution in [2.75, 3.05) is 44.2 Å². The van der Waals surface area contributed by atoms with Crippen LogP contribution in [0.3, 0.4) is 0 Å². The smallest absolute Gasteiger partial charge is 0.253 e. The van der Waals surface area contributed by atoms with Gasteiger partial charge in [-0.3, -0.25) is 4.79 Å². The van der Waals surface area contributed by atoms with Crippen molar-refractivity contribution < 1.29 is 26.7 Å². The summed E-state index contributed by atoms with van der Waals surface area (Å²) in [6, 6.07) is 8.11. The van der Waals surface area contributed by atoms with Gasteiger partial charge in [-0.2, -0.15) is 4.31 Å². The molecule has 2 fully saturated rings. The minimum atomic E-state index is -3.68. The largest absolute Gasteiger partial charge is 0.373 e. The molecule has 2 saturated heterocycles. The first-order valence-corrected chi connectivity index (χ1v) is 13.9. The molecule has 5 rings (SSSR count). The summed E-state index contributed by atoms with van der Waals surface area (Å²) in [5, 5.41) is 0.586. The molecule has 2 atom stereocenters. The van der Waals surface area contributed by atoms with Crippen LogP contribution in [0.2, 0.25) is 0 Å². The molecule has 2 aromatic carbocycles. The van der Waals surface area contributed by atoms with E-state index >= 15 is 0 Å². The Morgan fingerprint density at radius 1 is 1.03 bits per heavy atom. The summed E-state index contributed by atoms with van der Waals surface area (Å²) in [7, 11) is -3.68. The number of nitrogens with zero attached hydrogens (tertiary/aromatic N) is 4. The molecule has 2 unspecified atom stereocenters. The van der Waals surface area contributed by atoms with E-state index in [0.717, 1.165) is 6.07 Å². The molecule has 3 aromatic rings. The highest BCUT2D eigenvalue weighted by atomic mass is 32.2. The Hall–Kier alpha value is -2.67. The molecular formula is C24H26F2N4O4S2. The number of benzene rings is 2. The van der Waals surface area contributed by atoms with Crippen LogP contribution in [0.1, 0.15) is 24.2 Å². The van der Waals surface area contributed by atoms with Gasteiger partial charge in [0.1, 0.15) is 11.3 Å². The molecular weight excluding hydrogens is 510 g/mol. The highest BCUT2D eigenvalue weighted by Gasteiger charge is 2.32. The van der Waals surface area contributed by atoms with Crippen molar-refractivity contribution in [2.45, 2.75) is 31.0 Å². The lowest BCUT2D eigenvalue weighted by Crippen LogP contribution is -2.48. The van der Waals surface area contributed by atoms with Crippen molar-refractivity contribution >= 4 is 42.6 Å². The third-order valence-electron chi connectivity index (χ3n) is 6.36. The van der Waals surface area contributed by atoms with Gasteiger partial charge >= 0.3 is 0 Å². The van der Waals surface area contributed by atoms with Crippen LogP contribution in [0.4, 0.5) is 13.9 Å². The Morgan fingerprint density at radius 2 is 1.67 bits per heavy atom. The summed E-state index contributed by atoms with van der Waals surface area (Å²) in [5.74, 6) is -1.52. The minimum Gasteiger partial charge on any atom is -0.373 e. The van der Waals surface area contributed by atoms with Crippen molar-refractivity contribution in [2.24, 2.45) is 0 Å². The molecule has 0 radical (unpaired) electrons. The number of rotatable bonds is 4. The summed E-state index contributed by atoms with van der Waals surface area (Å²) in [5.41, 5.74) is 0.551. The van der Waals surface area contributed by atoms with Gasteiger partial charge in [0.05, 0.1) is 21.8 Å². The molecule has 36 heavy (non-hydrogen) atoms. The predicted molar refractivity (Wildman–Crippen MR) is 133 cm³/mol. The number of morpholine rings is 1. The average molecular weight is 537 g/mol. The normalized spacial score (nSPS) is 21.8. The predicted octanol–water partition coefficient (Wildman–Crippen LogP) is 3.33. The monoisotopic (exact) mass is 536 g/mol. The van der Waals surface area contributed by atoms with Gasteiger partial charge in [-0.15, -0.1) is 0 Å². The number of hydrogen-bond donors (Lipinski definition) is 0. The van der Waals surface area contributed by atoms with Crippen LogP contribution in [0.15, 0.2) is 41.3 Å². The molecule has 2 aliphatic heterocycles. The number of halogens is 2. The highest BCUT2D eigenvalue weighted by molar-refractivity contribution is 7.89. The van der Waals surface area contributed by atoms with E-state index in [4.69, 9.17) is 4.74 Å². The number of fused-ring (bicyclic) bond motifs is 1. The van der Waals surface area contributed by atoms with E-state index < -0.39 is 21.7 Å². The molecule has 0 spiro atoms. The third kappa shape index (κ3) is 4.82. The third-order valence-corrected chi connectivity index (χ3v) is 9.27. The van der Waals surface area contributed by atoms with E-state index in [1.54, 1.807) is 17.0 Å². The van der Waals surface area contributed by atoms with E-state index in [9.17, 15) is 22.0 Å². The average Bonchev–Trinajstić information content (AvgIpc) is 3.28. The fourth-order valence-electron chi connectivity index (χ4n) is 4.61. The van der Waals surface area contributed by atoms with E-state index in [1.807, 2.05) is 18.7 Å². The molecule has 1 amide bonds. The molecule has 12 heteroatoms. The minimum absolute atomic E-state index is 0.143. The molecule has 192 valence electrons. The Labute approximate surface area is 212 Å². The van der Waals surface area contributed by atoms with Crippen molar-refractivity contribution in [1.29, 1.82) is 0 Å². The number of thiazole rings is 1. The number of carbonyl (C=O) groups excluding carboxylic acids is 1. The topological polar surface area (TPSA) is 83.1 Å². The van der Waals surface area contributed by atoms with Gasteiger partial charge in [0.2, 0.25) is 10.0 Å². The molecule has 0 aliphatic carbocycles. The van der Waals surface area contributed by atoms with Crippen molar-refractivity contribution in [3.05, 3.63) is 53.6 Å². The van der Waals surface area contributed by atoms with Crippen molar-refractivity contribution in [3.63, 3.8) is 0 Å². The molecule has 0 N–H and O–H groups in total. The number of sulfonamides is 1. The lowest BCUT2D eigenvalue weighted by atomic mass is 10.2. The zero-order chi connectivity index (χ0) is 25.6. The van der Waals surface area contributed by atoms with Gasteiger partial charge in [-0.25, -0.2) is 22.2 Å². The fraction of sp³-hybridized carbons (Fsp3) is 0.417. The van der Waals surface area contributed by atoms with Crippen LogP contribution in [0, 0.1) is 11.6 Å². The summed E-state index contributed by atoms with van der Waals surface area (Å²) in [6.07, 6.45) is -0.378. The number of hydrogen-bond acceptors (Lipinski definition) is 7. The van der Waals surface area contributed by atoms with Crippen LogP contribution in [0.25, 0.3) is 10.2 Å². The van der Waals surface area contributed by atoms with Crippen molar-refractivity contribution in [1.82, 2.24) is 14.2 Å². The van der Waals surface area contributed by atoms with Crippen LogP contribution in [-0.4, -0.2) is 80.0 Å². The molecule has 1 aromatic heterocycles. The SMILES string of the molecule is CC1CN(S(=O)(=O)c2ccc(C(=O)N3CCN(c4nc5c(F)cc(F)cc5s4)CC3)cc2)CC(C)O1. The van der Waals surface area contributed by atoms with Gasteiger partial charge in [0.15, 0.2) is 10.9 Å². The lowest BCUT2D eigenvalue weighted by Gasteiger charge is -2.35. The number of aromatic nitrogens is 1. The Balaban J connectivity index is 1.24. The Morgan fingerprint density at radius 3 is 2.31 bits per heavy atom. The summed E-state index contributed by atoms with van der Waals surface area (Å²) >= 11 is 1.22. The van der Waals surface area contributed by atoms with Crippen LogP contribution in [-0.2, 0) is 14.8 Å². The zero-order valence-electron chi connectivity index (χ0n) is 19.9. The highest BCUT2D eigenvalue weighted by Crippen LogP contribution is 2.31. The van der Waals surface area contributed by atoms with Crippen molar-refractivity contribution in [3.8, 4) is 0 Å². The van der Waals surface area contributed by atoms with Crippen LogP contribution < -0.4 is 4.90 Å². The standard InChI is InChI=1S/C24H26F2N4O4S2/c1-15-13-30(14-16(2)34-15)36(32,33)19-5-3-17(4-6-19)23(31)28-7-9-29(10-8-28)24-27-22-20(26)11-18(25)12-21(22)35-24/h3-6,11-12,15-16H,7-10,13-14H2,1-2H3. The van der Waals surface area contributed by atoms with E-state index in [0.29, 0.717) is 41.6 Å². The van der Waals surface area contributed by atoms with Gasteiger partial charge in [0.25, 0.3) is 5.91 Å². The molecule has 0 bridgehead atoms. The fourth-order valence-corrected chi connectivity index (χ4v) is 7.26. The first-order chi connectivity index (χ1) is 17.1.